The van der Waals surface area contributed by atoms with Gasteiger partial charge < -0.3 is 4.74 Å². The van der Waals surface area contributed by atoms with Gasteiger partial charge in [0.1, 0.15) is 5.01 Å². The van der Waals surface area contributed by atoms with E-state index < -0.39 is 0 Å². The van der Waals surface area contributed by atoms with E-state index in [-0.39, 0.29) is 0 Å². The molecule has 60 valence electrons. The monoisotopic (exact) mass is 171 g/mol. The van der Waals surface area contributed by atoms with E-state index in [4.69, 9.17) is 4.74 Å². The van der Waals surface area contributed by atoms with E-state index in [0.717, 1.165) is 11.3 Å². The van der Waals surface area contributed by atoms with E-state index >= 15 is 0 Å². The first-order valence-electron chi connectivity index (χ1n) is 3.34. The second kappa shape index (κ2) is 4.20. The number of aldehydes is 1. The van der Waals surface area contributed by atoms with Gasteiger partial charge in [-0.2, -0.15) is 0 Å². The van der Waals surface area contributed by atoms with Crippen molar-refractivity contribution in [3.8, 4) is 0 Å². The van der Waals surface area contributed by atoms with Crippen LogP contribution in [0.4, 0.5) is 0 Å². The normalized spacial score (nSPS) is 9.91. The Morgan fingerprint density at radius 3 is 3.18 bits per heavy atom. The summed E-state index contributed by atoms with van der Waals surface area (Å²) in [6, 6.07) is 0. The van der Waals surface area contributed by atoms with Gasteiger partial charge in [-0.05, 0) is 6.92 Å². The molecule has 0 amide bonds. The third-order valence-electron chi connectivity index (χ3n) is 1.12. The minimum absolute atomic E-state index is 0.509. The first-order chi connectivity index (χ1) is 5.36. The minimum Gasteiger partial charge on any atom is -0.375 e. The average Bonchev–Trinajstić information content (AvgIpc) is 2.48. The van der Waals surface area contributed by atoms with Gasteiger partial charge in [0.15, 0.2) is 6.29 Å². The number of thiazole rings is 1. The molecule has 0 unspecified atom stereocenters. The average molecular weight is 171 g/mol. The Morgan fingerprint density at radius 1 is 1.82 bits per heavy atom. The number of rotatable bonds is 4. The van der Waals surface area contributed by atoms with Gasteiger partial charge in [0.25, 0.3) is 0 Å². The predicted octanol–water partition coefficient (Wildman–Crippen LogP) is 1.49. The molecule has 0 radical (unpaired) electrons. The number of hydrogen-bond donors (Lipinski definition) is 0. The summed E-state index contributed by atoms with van der Waals surface area (Å²) in [5, 5.41) is 0.856. The van der Waals surface area contributed by atoms with Crippen LogP contribution in [0.3, 0.4) is 0 Å². The van der Waals surface area contributed by atoms with Gasteiger partial charge in [0.05, 0.1) is 11.5 Å². The van der Waals surface area contributed by atoms with Crippen LogP contribution in [-0.2, 0) is 11.3 Å². The van der Waals surface area contributed by atoms with Gasteiger partial charge >= 0.3 is 0 Å². The van der Waals surface area contributed by atoms with E-state index in [1.54, 1.807) is 6.20 Å². The van der Waals surface area contributed by atoms with Gasteiger partial charge in [0.2, 0.25) is 0 Å². The molecule has 0 aliphatic heterocycles. The molecule has 1 heterocycles. The largest absolute Gasteiger partial charge is 0.375 e. The number of hydrogen-bond acceptors (Lipinski definition) is 4. The third-order valence-corrected chi connectivity index (χ3v) is 2.01. The van der Waals surface area contributed by atoms with Crippen LogP contribution in [0.1, 0.15) is 21.6 Å². The van der Waals surface area contributed by atoms with Crippen LogP contribution >= 0.6 is 11.3 Å². The highest BCUT2D eigenvalue weighted by Crippen LogP contribution is 2.10. The van der Waals surface area contributed by atoms with Gasteiger partial charge in [-0.1, -0.05) is 0 Å². The molecule has 1 aromatic heterocycles. The maximum absolute atomic E-state index is 10.2. The highest BCUT2D eigenvalue weighted by atomic mass is 32.1. The van der Waals surface area contributed by atoms with Crippen LogP contribution in [0.5, 0.6) is 0 Å². The Labute approximate surface area is 69.0 Å². The van der Waals surface area contributed by atoms with E-state index in [1.165, 1.54) is 11.3 Å². The number of nitrogens with zero attached hydrogens (tertiary/aromatic N) is 1. The molecule has 0 bridgehead atoms. The lowest BCUT2D eigenvalue weighted by Crippen LogP contribution is -1.89. The fourth-order valence-corrected chi connectivity index (χ4v) is 1.31. The highest BCUT2D eigenvalue weighted by Gasteiger charge is 1.99. The first-order valence-corrected chi connectivity index (χ1v) is 4.16. The van der Waals surface area contributed by atoms with E-state index in [0.29, 0.717) is 18.1 Å². The van der Waals surface area contributed by atoms with Crippen LogP contribution in [0, 0.1) is 0 Å². The van der Waals surface area contributed by atoms with Gasteiger partial charge in [-0.3, -0.25) is 4.79 Å². The molecule has 0 aliphatic rings. The minimum atomic E-state index is 0.509. The summed E-state index contributed by atoms with van der Waals surface area (Å²) < 4.78 is 5.11. The lowest BCUT2D eigenvalue weighted by atomic mass is 10.6. The van der Waals surface area contributed by atoms with E-state index in [2.05, 4.69) is 4.98 Å². The molecule has 0 atom stereocenters. The van der Waals surface area contributed by atoms with Gasteiger partial charge in [-0.15, -0.1) is 11.3 Å². The molecule has 0 saturated heterocycles. The van der Waals surface area contributed by atoms with Crippen molar-refractivity contribution in [3.05, 3.63) is 16.1 Å². The van der Waals surface area contributed by atoms with Crippen molar-refractivity contribution in [2.75, 3.05) is 6.61 Å². The van der Waals surface area contributed by atoms with Crippen LogP contribution in [0.2, 0.25) is 0 Å². The summed E-state index contributed by atoms with van der Waals surface area (Å²) in [7, 11) is 0. The molecule has 4 heteroatoms. The number of carbonyl (C=O) groups excluding carboxylic acids is 1. The molecule has 0 fully saturated rings. The molecule has 11 heavy (non-hydrogen) atoms. The van der Waals surface area contributed by atoms with Crippen molar-refractivity contribution < 1.29 is 9.53 Å². The number of aromatic nitrogens is 1. The maximum atomic E-state index is 10.2. The van der Waals surface area contributed by atoms with Crippen LogP contribution < -0.4 is 0 Å². The smallest absolute Gasteiger partial charge is 0.161 e. The SMILES string of the molecule is CCOCc1ncc(C=O)s1. The van der Waals surface area contributed by atoms with Crippen molar-refractivity contribution in [3.63, 3.8) is 0 Å². The molecule has 3 nitrogen and oxygen atoms in total. The molecule has 1 rings (SSSR count). The van der Waals surface area contributed by atoms with Crippen molar-refractivity contribution in [1.29, 1.82) is 0 Å². The van der Waals surface area contributed by atoms with Crippen LogP contribution in [0.15, 0.2) is 6.20 Å². The van der Waals surface area contributed by atoms with E-state index in [9.17, 15) is 4.79 Å². The van der Waals surface area contributed by atoms with Crippen molar-refractivity contribution in [2.45, 2.75) is 13.5 Å². The van der Waals surface area contributed by atoms with Gasteiger partial charge in [0, 0.05) is 12.8 Å². The zero-order valence-corrected chi connectivity index (χ0v) is 7.06. The zero-order chi connectivity index (χ0) is 8.10. The fourth-order valence-electron chi connectivity index (χ4n) is 0.635. The third kappa shape index (κ3) is 2.40. The molecule has 0 aromatic carbocycles. The van der Waals surface area contributed by atoms with Crippen molar-refractivity contribution in [2.24, 2.45) is 0 Å². The highest BCUT2D eigenvalue weighted by molar-refractivity contribution is 7.13. The lowest BCUT2D eigenvalue weighted by molar-refractivity contribution is 0.112. The Balaban J connectivity index is 2.51. The Kier molecular flexibility index (Phi) is 3.19. The summed E-state index contributed by atoms with van der Waals surface area (Å²) in [6.45, 7) is 3.11. The zero-order valence-electron chi connectivity index (χ0n) is 6.24. The van der Waals surface area contributed by atoms with E-state index in [1.807, 2.05) is 6.92 Å². The summed E-state index contributed by atoms with van der Waals surface area (Å²) in [4.78, 5) is 14.9. The summed E-state index contributed by atoms with van der Waals surface area (Å²) in [5.41, 5.74) is 0. The Hall–Kier alpha value is -0.740. The molecular weight excluding hydrogens is 162 g/mol. The molecule has 0 spiro atoms. The molecule has 0 N–H and O–H groups in total. The predicted molar refractivity (Wildman–Crippen MR) is 42.8 cm³/mol. The first kappa shape index (κ1) is 8.36. The standard InChI is InChI=1S/C7H9NO2S/c1-2-10-5-7-8-3-6(4-9)11-7/h3-4H,2,5H2,1H3. The summed E-state index contributed by atoms with van der Waals surface area (Å²) in [6.07, 6.45) is 2.36. The number of carbonyl (C=O) groups is 1. The number of ether oxygens (including phenoxy) is 1. The van der Waals surface area contributed by atoms with Crippen LogP contribution in [-0.4, -0.2) is 17.9 Å². The maximum Gasteiger partial charge on any atom is 0.161 e. The lowest BCUT2D eigenvalue weighted by Gasteiger charge is -1.93. The van der Waals surface area contributed by atoms with Crippen LogP contribution in [0.25, 0.3) is 0 Å². The summed E-state index contributed by atoms with van der Waals surface area (Å²) >= 11 is 1.37. The topological polar surface area (TPSA) is 39.2 Å². The molecular formula is C7H9NO2S. The van der Waals surface area contributed by atoms with Gasteiger partial charge in [-0.25, -0.2) is 4.98 Å². The van der Waals surface area contributed by atoms with Crippen molar-refractivity contribution >= 4 is 17.6 Å². The van der Waals surface area contributed by atoms with Crippen molar-refractivity contribution in [1.82, 2.24) is 4.98 Å². The molecule has 0 aliphatic carbocycles. The summed E-state index contributed by atoms with van der Waals surface area (Å²) in [5.74, 6) is 0. The fraction of sp³-hybridized carbons (Fsp3) is 0.429. The Morgan fingerprint density at radius 2 is 2.64 bits per heavy atom. The quantitative estimate of drug-likeness (QED) is 0.644. The molecule has 0 saturated carbocycles. The Bertz CT molecular complexity index is 234. The second-order valence-electron chi connectivity index (χ2n) is 1.91. The molecule has 1 aromatic rings. The second-order valence-corrected chi connectivity index (χ2v) is 3.06.